The minimum Gasteiger partial charge on any atom is -0.497 e. The minimum atomic E-state index is -0.271. The number of nitrogens with one attached hydrogen (secondary N) is 1. The molecule has 0 bridgehead atoms. The zero-order valence-electron chi connectivity index (χ0n) is 19.1. The normalized spacial score (nSPS) is 15.2. The van der Waals surface area contributed by atoms with Crippen molar-refractivity contribution in [3.63, 3.8) is 0 Å². The van der Waals surface area contributed by atoms with Crippen molar-refractivity contribution in [3.05, 3.63) is 84.2 Å². The smallest absolute Gasteiger partial charge is 0.156 e. The number of nitrogens with zero attached hydrogens (tertiary/aromatic N) is 3. The molecule has 0 unspecified atom stereocenters. The summed E-state index contributed by atoms with van der Waals surface area (Å²) >= 11 is 0. The summed E-state index contributed by atoms with van der Waals surface area (Å²) in [6, 6.07) is 22.8. The molecule has 0 saturated carbocycles. The lowest BCUT2D eigenvalue weighted by molar-refractivity contribution is 0.0187. The van der Waals surface area contributed by atoms with Gasteiger partial charge in [-0.3, -0.25) is 4.90 Å². The van der Waals surface area contributed by atoms with Crippen LogP contribution >= 0.6 is 0 Å². The van der Waals surface area contributed by atoms with Gasteiger partial charge >= 0.3 is 0 Å². The Bertz CT molecular complexity index is 1240. The van der Waals surface area contributed by atoms with E-state index >= 15 is 0 Å². The molecule has 0 amide bonds. The first kappa shape index (κ1) is 22.3. The van der Waals surface area contributed by atoms with Crippen LogP contribution in [0.2, 0.25) is 0 Å². The molecule has 1 aliphatic rings. The summed E-state index contributed by atoms with van der Waals surface area (Å²) in [5, 5.41) is 14.5. The fourth-order valence-electron chi connectivity index (χ4n) is 4.42. The van der Waals surface area contributed by atoms with E-state index in [0.29, 0.717) is 6.54 Å². The lowest BCUT2D eigenvalue weighted by Crippen LogP contribution is -2.41. The number of fused-ring (bicyclic) bond motifs is 1. The molecule has 1 fully saturated rings. The van der Waals surface area contributed by atoms with Crippen molar-refractivity contribution in [3.8, 4) is 17.0 Å². The highest BCUT2D eigenvalue weighted by atomic mass is 19.1. The Kier molecular flexibility index (Phi) is 6.65. The van der Waals surface area contributed by atoms with Gasteiger partial charge in [-0.2, -0.15) is 0 Å². The third kappa shape index (κ3) is 4.71. The van der Waals surface area contributed by atoms with E-state index in [4.69, 9.17) is 9.47 Å². The lowest BCUT2D eigenvalue weighted by Gasteiger charge is -2.35. The van der Waals surface area contributed by atoms with Gasteiger partial charge in [-0.1, -0.05) is 36.4 Å². The fourth-order valence-corrected chi connectivity index (χ4v) is 4.42. The Morgan fingerprint density at radius 3 is 2.35 bits per heavy atom. The van der Waals surface area contributed by atoms with E-state index in [9.17, 15) is 4.39 Å². The molecular weight excluding hydrogens is 431 g/mol. The Balaban J connectivity index is 1.44. The van der Waals surface area contributed by atoms with Crippen LogP contribution in [0.3, 0.4) is 0 Å². The Hall–Kier alpha value is -3.55. The van der Waals surface area contributed by atoms with Crippen LogP contribution in [0, 0.1) is 5.82 Å². The number of methoxy groups -OCH3 is 1. The Morgan fingerprint density at radius 2 is 1.65 bits per heavy atom. The maximum absolute atomic E-state index is 13.4. The average molecular weight is 459 g/mol. The molecular formula is C27H27FN4O2. The molecule has 1 aromatic heterocycles. The van der Waals surface area contributed by atoms with Crippen LogP contribution in [0.5, 0.6) is 5.75 Å². The van der Waals surface area contributed by atoms with Crippen LogP contribution in [0.15, 0.2) is 72.8 Å². The molecule has 174 valence electrons. The number of halogens is 1. The van der Waals surface area contributed by atoms with E-state index in [2.05, 4.69) is 32.5 Å². The van der Waals surface area contributed by atoms with E-state index in [1.165, 1.54) is 17.7 Å². The van der Waals surface area contributed by atoms with Gasteiger partial charge < -0.3 is 14.8 Å². The monoisotopic (exact) mass is 458 g/mol. The van der Waals surface area contributed by atoms with Gasteiger partial charge in [0.2, 0.25) is 0 Å². The van der Waals surface area contributed by atoms with Crippen LogP contribution in [0.1, 0.15) is 11.6 Å². The third-order valence-corrected chi connectivity index (χ3v) is 6.25. The number of benzene rings is 3. The van der Waals surface area contributed by atoms with Gasteiger partial charge in [0.1, 0.15) is 17.3 Å². The van der Waals surface area contributed by atoms with Crippen molar-refractivity contribution in [1.29, 1.82) is 0 Å². The van der Waals surface area contributed by atoms with Crippen molar-refractivity contribution in [2.45, 2.75) is 6.04 Å². The van der Waals surface area contributed by atoms with Crippen LogP contribution in [-0.2, 0) is 4.74 Å². The molecule has 34 heavy (non-hydrogen) atoms. The van der Waals surface area contributed by atoms with Gasteiger partial charge in [0.05, 0.1) is 26.4 Å². The van der Waals surface area contributed by atoms with Crippen LogP contribution in [0.25, 0.3) is 22.0 Å². The molecule has 4 aromatic rings. The molecule has 1 saturated heterocycles. The topological polar surface area (TPSA) is 59.5 Å². The maximum atomic E-state index is 13.4. The maximum Gasteiger partial charge on any atom is 0.156 e. The lowest BCUT2D eigenvalue weighted by atomic mass is 10.0. The van der Waals surface area contributed by atoms with Crippen molar-refractivity contribution < 1.29 is 13.9 Å². The zero-order valence-corrected chi connectivity index (χ0v) is 19.1. The number of hydrogen-bond donors (Lipinski definition) is 1. The predicted molar refractivity (Wildman–Crippen MR) is 132 cm³/mol. The van der Waals surface area contributed by atoms with E-state index in [1.807, 2.05) is 36.4 Å². The highest BCUT2D eigenvalue weighted by molar-refractivity contribution is 6.00. The van der Waals surface area contributed by atoms with Crippen molar-refractivity contribution >= 4 is 16.6 Å². The van der Waals surface area contributed by atoms with Gasteiger partial charge in [-0.25, -0.2) is 4.39 Å². The van der Waals surface area contributed by atoms with Gasteiger partial charge in [0.25, 0.3) is 0 Å². The van der Waals surface area contributed by atoms with E-state index in [0.717, 1.165) is 59.9 Å². The standard InChI is InChI=1S/C27H27FN4O2/c1-33-22-12-8-19(9-13-22)25(32-14-16-34-17-15-32)18-29-27-24-5-3-2-4-23(24)26(30-31-27)20-6-10-21(28)11-7-20/h2-13,25H,14-18H2,1H3,(H,29,31)/t25-/m0/s1. The zero-order chi connectivity index (χ0) is 23.3. The molecule has 6 nitrogen and oxygen atoms in total. The first-order valence-electron chi connectivity index (χ1n) is 11.4. The van der Waals surface area contributed by atoms with E-state index in [-0.39, 0.29) is 11.9 Å². The highest BCUT2D eigenvalue weighted by Crippen LogP contribution is 2.31. The number of rotatable bonds is 7. The van der Waals surface area contributed by atoms with Crippen molar-refractivity contribution in [1.82, 2.24) is 15.1 Å². The molecule has 3 aromatic carbocycles. The van der Waals surface area contributed by atoms with E-state index in [1.54, 1.807) is 19.2 Å². The summed E-state index contributed by atoms with van der Waals surface area (Å²) in [4.78, 5) is 2.43. The Morgan fingerprint density at radius 1 is 0.941 bits per heavy atom. The SMILES string of the molecule is COc1ccc([C@H](CNc2nnc(-c3ccc(F)cc3)c3ccccc23)N2CCOCC2)cc1. The number of anilines is 1. The van der Waals surface area contributed by atoms with Gasteiger partial charge in [0, 0.05) is 36.0 Å². The van der Waals surface area contributed by atoms with E-state index < -0.39 is 0 Å². The Labute approximate surface area is 198 Å². The second kappa shape index (κ2) is 10.2. The number of morpholine rings is 1. The third-order valence-electron chi connectivity index (χ3n) is 6.25. The number of ether oxygens (including phenoxy) is 2. The van der Waals surface area contributed by atoms with Gasteiger partial charge in [0.15, 0.2) is 5.82 Å². The van der Waals surface area contributed by atoms with Crippen LogP contribution < -0.4 is 10.1 Å². The predicted octanol–water partition coefficient (Wildman–Crippen LogP) is 4.93. The van der Waals surface area contributed by atoms with Gasteiger partial charge in [-0.15, -0.1) is 10.2 Å². The minimum absolute atomic E-state index is 0.146. The molecule has 1 N–H and O–H groups in total. The average Bonchev–Trinajstić information content (AvgIpc) is 2.90. The van der Waals surface area contributed by atoms with Crippen LogP contribution in [-0.4, -0.2) is 55.1 Å². The van der Waals surface area contributed by atoms with Crippen molar-refractivity contribution in [2.75, 3.05) is 45.3 Å². The summed E-state index contributed by atoms with van der Waals surface area (Å²) in [6.45, 7) is 3.85. The molecule has 1 aliphatic heterocycles. The molecule has 5 rings (SSSR count). The summed E-state index contributed by atoms with van der Waals surface area (Å²) < 4.78 is 24.3. The summed E-state index contributed by atoms with van der Waals surface area (Å²) in [5.74, 6) is 1.30. The first-order chi connectivity index (χ1) is 16.7. The molecule has 0 spiro atoms. The highest BCUT2D eigenvalue weighted by Gasteiger charge is 2.23. The van der Waals surface area contributed by atoms with Crippen LogP contribution in [0.4, 0.5) is 10.2 Å². The molecule has 7 heteroatoms. The quantitative estimate of drug-likeness (QED) is 0.424. The first-order valence-corrected chi connectivity index (χ1v) is 11.4. The molecule has 1 atom stereocenters. The van der Waals surface area contributed by atoms with Crippen molar-refractivity contribution in [2.24, 2.45) is 0 Å². The fraction of sp³-hybridized carbons (Fsp3) is 0.259. The number of aromatic nitrogens is 2. The second-order valence-electron chi connectivity index (χ2n) is 8.27. The largest absolute Gasteiger partial charge is 0.497 e. The van der Waals surface area contributed by atoms with Gasteiger partial charge in [-0.05, 0) is 42.0 Å². The summed E-state index contributed by atoms with van der Waals surface area (Å²) in [7, 11) is 1.68. The molecule has 0 radical (unpaired) electrons. The second-order valence-corrected chi connectivity index (χ2v) is 8.27. The molecule has 0 aliphatic carbocycles. The molecule has 2 heterocycles. The summed E-state index contributed by atoms with van der Waals surface area (Å²) in [5.41, 5.74) is 2.78. The number of hydrogen-bond acceptors (Lipinski definition) is 6. The summed E-state index contributed by atoms with van der Waals surface area (Å²) in [6.07, 6.45) is 0.